The summed E-state index contributed by atoms with van der Waals surface area (Å²) < 4.78 is 5.18. The van der Waals surface area contributed by atoms with Crippen LogP contribution in [0.4, 0.5) is 5.69 Å². The lowest BCUT2D eigenvalue weighted by Crippen LogP contribution is -2.36. The second-order valence-electron chi connectivity index (χ2n) is 5.82. The molecule has 2 aromatic carbocycles. The molecular weight excluding hydrogens is 324 g/mol. The van der Waals surface area contributed by atoms with Crippen LogP contribution in [0.3, 0.4) is 0 Å². The van der Waals surface area contributed by atoms with Crippen LogP contribution < -0.4 is 10.1 Å². The van der Waals surface area contributed by atoms with Crippen molar-refractivity contribution in [3.63, 3.8) is 0 Å². The summed E-state index contributed by atoms with van der Waals surface area (Å²) in [6, 6.07) is 18.1. The van der Waals surface area contributed by atoms with Crippen LogP contribution in [-0.2, 0) is 11.3 Å². The van der Waals surface area contributed by atoms with Crippen molar-refractivity contribution in [3.05, 3.63) is 60.2 Å². The number of para-hydroxylation sites is 1. The molecule has 0 bridgehead atoms. The first-order valence-corrected chi connectivity index (χ1v) is 7.97. The van der Waals surface area contributed by atoms with Crippen LogP contribution in [0.15, 0.2) is 54.6 Å². The van der Waals surface area contributed by atoms with Crippen molar-refractivity contribution in [3.8, 4) is 5.75 Å². The van der Waals surface area contributed by atoms with E-state index in [1.54, 1.807) is 7.11 Å². The molecule has 0 heterocycles. The fourth-order valence-electron chi connectivity index (χ4n) is 2.57. The molecule has 1 saturated carbocycles. The summed E-state index contributed by atoms with van der Waals surface area (Å²) in [7, 11) is 1.66. The molecule has 0 spiro atoms. The molecule has 0 radical (unpaired) electrons. The SMILES string of the molecule is COc1ccc(CN(C(=O)CNc2ccccc2)C2CC2)cc1.Cl. The van der Waals surface area contributed by atoms with Gasteiger partial charge >= 0.3 is 0 Å². The van der Waals surface area contributed by atoms with Crippen LogP contribution in [0.1, 0.15) is 18.4 Å². The quantitative estimate of drug-likeness (QED) is 0.830. The topological polar surface area (TPSA) is 41.6 Å². The number of ether oxygens (including phenoxy) is 1. The van der Waals surface area contributed by atoms with Gasteiger partial charge in [-0.2, -0.15) is 0 Å². The Hall–Kier alpha value is -2.20. The van der Waals surface area contributed by atoms with Gasteiger partial charge in [-0.05, 0) is 42.7 Å². The predicted octanol–water partition coefficient (Wildman–Crippen LogP) is 3.72. The Kier molecular flexibility index (Phi) is 6.50. The molecule has 0 aliphatic heterocycles. The van der Waals surface area contributed by atoms with Gasteiger partial charge in [0.05, 0.1) is 13.7 Å². The minimum absolute atomic E-state index is 0. The van der Waals surface area contributed by atoms with Crippen LogP contribution in [0.2, 0.25) is 0 Å². The summed E-state index contributed by atoms with van der Waals surface area (Å²) >= 11 is 0. The Balaban J connectivity index is 0.00000208. The zero-order chi connectivity index (χ0) is 16.1. The molecule has 0 aromatic heterocycles. The summed E-state index contributed by atoms with van der Waals surface area (Å²) in [4.78, 5) is 14.5. The standard InChI is InChI=1S/C19H22N2O2.ClH/c1-23-18-11-7-15(8-12-18)14-21(17-9-10-17)19(22)13-20-16-5-3-2-4-6-16;/h2-8,11-12,17,20H,9-10,13-14H2,1H3;1H. The van der Waals surface area contributed by atoms with Gasteiger partial charge in [0.2, 0.25) is 5.91 Å². The summed E-state index contributed by atoms with van der Waals surface area (Å²) in [5, 5.41) is 3.20. The Morgan fingerprint density at radius 3 is 2.38 bits per heavy atom. The number of methoxy groups -OCH3 is 1. The Morgan fingerprint density at radius 1 is 1.12 bits per heavy atom. The van der Waals surface area contributed by atoms with Crippen molar-refractivity contribution >= 4 is 24.0 Å². The monoisotopic (exact) mass is 346 g/mol. The number of nitrogens with zero attached hydrogens (tertiary/aromatic N) is 1. The molecule has 1 fully saturated rings. The average Bonchev–Trinajstić information content (AvgIpc) is 3.44. The van der Waals surface area contributed by atoms with E-state index in [4.69, 9.17) is 4.74 Å². The molecule has 5 heteroatoms. The van der Waals surface area contributed by atoms with Gasteiger partial charge in [0.15, 0.2) is 0 Å². The van der Waals surface area contributed by atoms with Crippen molar-refractivity contribution in [1.29, 1.82) is 0 Å². The first kappa shape index (κ1) is 18.1. The van der Waals surface area contributed by atoms with Gasteiger partial charge in [0, 0.05) is 18.3 Å². The molecule has 2 aromatic rings. The van der Waals surface area contributed by atoms with Gasteiger partial charge in [-0.25, -0.2) is 0 Å². The van der Waals surface area contributed by atoms with E-state index < -0.39 is 0 Å². The van der Waals surface area contributed by atoms with Crippen LogP contribution >= 0.6 is 12.4 Å². The lowest BCUT2D eigenvalue weighted by Gasteiger charge is -2.23. The third kappa shape index (κ3) is 4.90. The number of hydrogen-bond acceptors (Lipinski definition) is 3. The van der Waals surface area contributed by atoms with Crippen molar-refractivity contribution in [1.82, 2.24) is 4.90 Å². The highest BCUT2D eigenvalue weighted by molar-refractivity contribution is 5.85. The molecule has 24 heavy (non-hydrogen) atoms. The largest absolute Gasteiger partial charge is 0.497 e. The summed E-state index contributed by atoms with van der Waals surface area (Å²) in [6.45, 7) is 0.987. The Bertz CT molecular complexity index is 642. The molecular formula is C19H23ClN2O2. The highest BCUT2D eigenvalue weighted by atomic mass is 35.5. The highest BCUT2D eigenvalue weighted by Crippen LogP contribution is 2.28. The molecule has 0 saturated heterocycles. The molecule has 4 nitrogen and oxygen atoms in total. The maximum Gasteiger partial charge on any atom is 0.242 e. The van der Waals surface area contributed by atoms with E-state index in [2.05, 4.69) is 5.32 Å². The molecule has 1 N–H and O–H groups in total. The third-order valence-electron chi connectivity index (χ3n) is 4.04. The van der Waals surface area contributed by atoms with Crippen molar-refractivity contribution in [2.45, 2.75) is 25.4 Å². The molecule has 128 valence electrons. The molecule has 3 rings (SSSR count). The third-order valence-corrected chi connectivity index (χ3v) is 4.04. The van der Waals surface area contributed by atoms with Crippen molar-refractivity contribution in [2.75, 3.05) is 19.0 Å². The van der Waals surface area contributed by atoms with E-state index in [9.17, 15) is 4.79 Å². The maximum absolute atomic E-state index is 12.6. The lowest BCUT2D eigenvalue weighted by atomic mass is 10.2. The first-order chi connectivity index (χ1) is 11.3. The number of carbonyl (C=O) groups excluding carboxylic acids is 1. The van der Waals surface area contributed by atoms with Crippen LogP contribution in [0.25, 0.3) is 0 Å². The second-order valence-corrected chi connectivity index (χ2v) is 5.82. The first-order valence-electron chi connectivity index (χ1n) is 7.97. The van der Waals surface area contributed by atoms with Crippen LogP contribution in [0.5, 0.6) is 5.75 Å². The number of nitrogens with one attached hydrogen (secondary N) is 1. The molecule has 1 aliphatic rings. The number of anilines is 1. The van der Waals surface area contributed by atoms with E-state index in [-0.39, 0.29) is 18.3 Å². The molecule has 1 aliphatic carbocycles. The number of benzene rings is 2. The van der Waals surface area contributed by atoms with Gasteiger partial charge in [-0.3, -0.25) is 4.79 Å². The smallest absolute Gasteiger partial charge is 0.242 e. The maximum atomic E-state index is 12.6. The lowest BCUT2D eigenvalue weighted by molar-refractivity contribution is -0.130. The Labute approximate surface area is 149 Å². The van der Waals surface area contributed by atoms with Gasteiger partial charge < -0.3 is 15.0 Å². The normalized spacial score (nSPS) is 12.9. The number of halogens is 1. The van der Waals surface area contributed by atoms with E-state index in [1.807, 2.05) is 59.5 Å². The fourth-order valence-corrected chi connectivity index (χ4v) is 2.57. The summed E-state index contributed by atoms with van der Waals surface area (Å²) in [5.41, 5.74) is 2.10. The summed E-state index contributed by atoms with van der Waals surface area (Å²) in [5.74, 6) is 0.982. The van der Waals surface area contributed by atoms with Crippen LogP contribution in [0, 0.1) is 0 Å². The summed E-state index contributed by atoms with van der Waals surface area (Å²) in [6.07, 6.45) is 2.21. The van der Waals surface area contributed by atoms with Gasteiger partial charge in [0.1, 0.15) is 5.75 Å². The highest BCUT2D eigenvalue weighted by Gasteiger charge is 2.32. The zero-order valence-electron chi connectivity index (χ0n) is 13.8. The minimum Gasteiger partial charge on any atom is -0.497 e. The fraction of sp³-hybridized carbons (Fsp3) is 0.316. The molecule has 0 atom stereocenters. The van der Waals surface area contributed by atoms with E-state index in [1.165, 1.54) is 0 Å². The molecule has 0 unspecified atom stereocenters. The minimum atomic E-state index is 0. The van der Waals surface area contributed by atoms with Gasteiger partial charge in [0.25, 0.3) is 0 Å². The van der Waals surface area contributed by atoms with Crippen molar-refractivity contribution in [2.24, 2.45) is 0 Å². The number of carbonyl (C=O) groups is 1. The Morgan fingerprint density at radius 2 is 1.79 bits per heavy atom. The van der Waals surface area contributed by atoms with E-state index in [0.29, 0.717) is 19.1 Å². The average molecular weight is 347 g/mol. The van der Waals surface area contributed by atoms with E-state index in [0.717, 1.165) is 29.8 Å². The zero-order valence-corrected chi connectivity index (χ0v) is 14.6. The molecule has 1 amide bonds. The second kappa shape index (κ2) is 8.60. The number of rotatable bonds is 7. The number of hydrogen-bond donors (Lipinski definition) is 1. The predicted molar refractivity (Wildman–Crippen MR) is 98.7 cm³/mol. The van der Waals surface area contributed by atoms with Gasteiger partial charge in [-0.15, -0.1) is 12.4 Å². The van der Waals surface area contributed by atoms with E-state index >= 15 is 0 Å². The number of amides is 1. The van der Waals surface area contributed by atoms with Gasteiger partial charge in [-0.1, -0.05) is 30.3 Å². The van der Waals surface area contributed by atoms with Crippen LogP contribution in [-0.4, -0.2) is 30.5 Å². The van der Waals surface area contributed by atoms with Crippen molar-refractivity contribution < 1.29 is 9.53 Å².